The Morgan fingerprint density at radius 1 is 1.31 bits per heavy atom. The van der Waals surface area contributed by atoms with E-state index in [9.17, 15) is 0 Å². The normalized spacial score (nSPS) is 9.75. The Hall–Kier alpha value is -1.99. The van der Waals surface area contributed by atoms with E-state index in [2.05, 4.69) is 6.07 Å². The van der Waals surface area contributed by atoms with Gasteiger partial charge in [-0.2, -0.15) is 5.26 Å². The molecule has 80 valence electrons. The summed E-state index contributed by atoms with van der Waals surface area (Å²) >= 11 is 1.40. The second-order valence-electron chi connectivity index (χ2n) is 3.24. The lowest BCUT2D eigenvalue weighted by molar-refractivity contribution is 0.415. The molecule has 2 N–H and O–H groups in total. The molecule has 0 radical (unpaired) electrons. The fourth-order valence-electron chi connectivity index (χ4n) is 1.39. The molecule has 0 unspecified atom stereocenters. The molecule has 16 heavy (non-hydrogen) atoms. The summed E-state index contributed by atoms with van der Waals surface area (Å²) in [5, 5.41) is 8.82. The van der Waals surface area contributed by atoms with Gasteiger partial charge in [-0.1, -0.05) is 0 Å². The van der Waals surface area contributed by atoms with Gasteiger partial charge in [0.1, 0.15) is 16.7 Å². The Morgan fingerprint density at radius 2 is 2.00 bits per heavy atom. The highest BCUT2D eigenvalue weighted by Crippen LogP contribution is 2.33. The molecule has 0 amide bonds. The highest BCUT2D eigenvalue weighted by Gasteiger charge is 2.07. The Labute approximate surface area is 97.7 Å². The first kappa shape index (κ1) is 10.5. The van der Waals surface area contributed by atoms with Crippen LogP contribution >= 0.6 is 11.3 Å². The molecule has 0 aliphatic rings. The van der Waals surface area contributed by atoms with E-state index in [1.807, 2.05) is 30.3 Å². The fraction of sp³-hybridized carbons (Fsp3) is 0.0833. The molecule has 0 aliphatic carbocycles. The Kier molecular flexibility index (Phi) is 2.80. The molecule has 1 aromatic carbocycles. The fourth-order valence-corrected chi connectivity index (χ4v) is 2.27. The molecule has 0 saturated carbocycles. The standard InChI is InChI=1S/C12H10N2OS/c1-15-9-4-2-8(3-5-9)11-6-10(14)12(7-13)16-11/h2-6H,14H2,1H3. The minimum atomic E-state index is 0.540. The van der Waals surface area contributed by atoms with Crippen molar-refractivity contribution in [3.05, 3.63) is 35.2 Å². The van der Waals surface area contributed by atoms with Crippen molar-refractivity contribution in [1.82, 2.24) is 0 Å². The Bertz CT molecular complexity index is 537. The largest absolute Gasteiger partial charge is 0.497 e. The summed E-state index contributed by atoms with van der Waals surface area (Å²) in [7, 11) is 1.63. The number of nitrogens with zero attached hydrogens (tertiary/aromatic N) is 1. The summed E-state index contributed by atoms with van der Waals surface area (Å²) < 4.78 is 5.08. The molecule has 0 aliphatic heterocycles. The molecule has 2 aromatic rings. The third-order valence-corrected chi connectivity index (χ3v) is 3.34. The number of hydrogen-bond acceptors (Lipinski definition) is 4. The Balaban J connectivity index is 2.39. The number of thiophene rings is 1. The van der Waals surface area contributed by atoms with Crippen LogP contribution in [0.5, 0.6) is 5.75 Å². The SMILES string of the molecule is COc1ccc(-c2cc(N)c(C#N)s2)cc1. The minimum Gasteiger partial charge on any atom is -0.497 e. The first-order valence-corrected chi connectivity index (χ1v) is 5.50. The lowest BCUT2D eigenvalue weighted by atomic mass is 10.2. The number of ether oxygens (including phenoxy) is 1. The van der Waals surface area contributed by atoms with Crippen LogP contribution in [0.1, 0.15) is 4.88 Å². The van der Waals surface area contributed by atoms with Crippen LogP contribution in [0.2, 0.25) is 0 Å². The minimum absolute atomic E-state index is 0.540. The topological polar surface area (TPSA) is 59.0 Å². The van der Waals surface area contributed by atoms with Crippen molar-refractivity contribution < 1.29 is 4.74 Å². The summed E-state index contributed by atoms with van der Waals surface area (Å²) in [6.45, 7) is 0. The number of rotatable bonds is 2. The maximum atomic E-state index is 8.82. The molecule has 2 rings (SSSR count). The first-order chi connectivity index (χ1) is 7.74. The summed E-state index contributed by atoms with van der Waals surface area (Å²) in [5.41, 5.74) is 7.29. The number of nitrogens with two attached hydrogens (primary N) is 1. The number of benzene rings is 1. The first-order valence-electron chi connectivity index (χ1n) is 4.68. The molecule has 0 spiro atoms. The molecule has 1 heterocycles. The van der Waals surface area contributed by atoms with Crippen LogP contribution in [0.25, 0.3) is 10.4 Å². The van der Waals surface area contributed by atoms with Crippen LogP contribution in [0.15, 0.2) is 30.3 Å². The zero-order chi connectivity index (χ0) is 11.5. The molecule has 0 fully saturated rings. The van der Waals surface area contributed by atoms with E-state index in [0.717, 1.165) is 16.2 Å². The zero-order valence-electron chi connectivity index (χ0n) is 8.73. The van der Waals surface area contributed by atoms with Crippen molar-refractivity contribution in [2.24, 2.45) is 0 Å². The van der Waals surface area contributed by atoms with Gasteiger partial charge in [0, 0.05) is 4.88 Å². The lowest BCUT2D eigenvalue weighted by Gasteiger charge is -2.00. The van der Waals surface area contributed by atoms with Gasteiger partial charge in [-0.3, -0.25) is 0 Å². The van der Waals surface area contributed by atoms with Gasteiger partial charge in [0.25, 0.3) is 0 Å². The monoisotopic (exact) mass is 230 g/mol. The van der Waals surface area contributed by atoms with E-state index in [4.69, 9.17) is 15.7 Å². The molecular weight excluding hydrogens is 220 g/mol. The van der Waals surface area contributed by atoms with Crippen LogP contribution in [0, 0.1) is 11.3 Å². The van der Waals surface area contributed by atoms with E-state index < -0.39 is 0 Å². The smallest absolute Gasteiger partial charge is 0.128 e. The number of nitrogen functional groups attached to an aromatic ring is 1. The number of anilines is 1. The van der Waals surface area contributed by atoms with Gasteiger partial charge in [0.05, 0.1) is 12.8 Å². The molecule has 3 nitrogen and oxygen atoms in total. The summed E-state index contributed by atoms with van der Waals surface area (Å²) in [4.78, 5) is 1.56. The summed E-state index contributed by atoms with van der Waals surface area (Å²) in [6, 6.07) is 11.6. The van der Waals surface area contributed by atoms with Gasteiger partial charge in [-0.15, -0.1) is 11.3 Å². The molecule has 0 atom stereocenters. The van der Waals surface area contributed by atoms with Crippen molar-refractivity contribution in [2.75, 3.05) is 12.8 Å². The van der Waals surface area contributed by atoms with Crippen LogP contribution in [0.3, 0.4) is 0 Å². The van der Waals surface area contributed by atoms with Crippen LogP contribution in [0.4, 0.5) is 5.69 Å². The molecule has 1 aromatic heterocycles. The molecule has 0 bridgehead atoms. The maximum absolute atomic E-state index is 8.82. The van der Waals surface area contributed by atoms with E-state index in [0.29, 0.717) is 10.6 Å². The third kappa shape index (κ3) is 1.86. The van der Waals surface area contributed by atoms with Gasteiger partial charge >= 0.3 is 0 Å². The number of nitriles is 1. The average molecular weight is 230 g/mol. The number of hydrogen-bond donors (Lipinski definition) is 1. The molecule has 0 saturated heterocycles. The van der Waals surface area contributed by atoms with Crippen molar-refractivity contribution in [2.45, 2.75) is 0 Å². The third-order valence-electron chi connectivity index (χ3n) is 2.24. The number of methoxy groups -OCH3 is 1. The van der Waals surface area contributed by atoms with Crippen molar-refractivity contribution in [1.29, 1.82) is 5.26 Å². The predicted molar refractivity (Wildman–Crippen MR) is 65.4 cm³/mol. The zero-order valence-corrected chi connectivity index (χ0v) is 9.54. The van der Waals surface area contributed by atoms with Gasteiger partial charge in [0.2, 0.25) is 0 Å². The van der Waals surface area contributed by atoms with Crippen LogP contribution < -0.4 is 10.5 Å². The van der Waals surface area contributed by atoms with Gasteiger partial charge in [0.15, 0.2) is 0 Å². The highest BCUT2D eigenvalue weighted by molar-refractivity contribution is 7.16. The summed E-state index contributed by atoms with van der Waals surface area (Å²) in [6.07, 6.45) is 0. The predicted octanol–water partition coefficient (Wildman–Crippen LogP) is 2.88. The van der Waals surface area contributed by atoms with E-state index >= 15 is 0 Å². The molecule has 4 heteroatoms. The maximum Gasteiger partial charge on any atom is 0.128 e. The van der Waals surface area contributed by atoms with Crippen molar-refractivity contribution in [3.63, 3.8) is 0 Å². The van der Waals surface area contributed by atoms with Crippen LogP contribution in [-0.2, 0) is 0 Å². The highest BCUT2D eigenvalue weighted by atomic mass is 32.1. The quantitative estimate of drug-likeness (QED) is 0.863. The average Bonchev–Trinajstić information content (AvgIpc) is 2.71. The van der Waals surface area contributed by atoms with E-state index in [1.54, 1.807) is 7.11 Å². The second kappa shape index (κ2) is 4.25. The van der Waals surface area contributed by atoms with Crippen molar-refractivity contribution >= 4 is 17.0 Å². The van der Waals surface area contributed by atoms with Gasteiger partial charge < -0.3 is 10.5 Å². The Morgan fingerprint density at radius 3 is 2.50 bits per heavy atom. The van der Waals surface area contributed by atoms with Crippen molar-refractivity contribution in [3.8, 4) is 22.3 Å². The van der Waals surface area contributed by atoms with Gasteiger partial charge in [-0.05, 0) is 35.9 Å². The van der Waals surface area contributed by atoms with E-state index in [1.165, 1.54) is 11.3 Å². The van der Waals surface area contributed by atoms with E-state index in [-0.39, 0.29) is 0 Å². The molecular formula is C12H10N2OS. The lowest BCUT2D eigenvalue weighted by Crippen LogP contribution is -1.82. The second-order valence-corrected chi connectivity index (χ2v) is 4.29. The summed E-state index contributed by atoms with van der Waals surface area (Å²) in [5.74, 6) is 0.814. The van der Waals surface area contributed by atoms with Crippen LogP contribution in [-0.4, -0.2) is 7.11 Å². The van der Waals surface area contributed by atoms with Gasteiger partial charge in [-0.25, -0.2) is 0 Å².